The van der Waals surface area contributed by atoms with Gasteiger partial charge in [-0.3, -0.25) is 14.5 Å². The molecular formula is C17H26N6O4. The number of anilines is 1. The summed E-state index contributed by atoms with van der Waals surface area (Å²) in [6.07, 6.45) is 3.81. The highest BCUT2D eigenvalue weighted by molar-refractivity contribution is 5.78. The number of nitrogens with two attached hydrogens (primary N) is 1. The quantitative estimate of drug-likeness (QED) is 0.580. The Morgan fingerprint density at radius 1 is 1.26 bits per heavy atom. The van der Waals surface area contributed by atoms with Crippen LogP contribution >= 0.6 is 0 Å². The van der Waals surface area contributed by atoms with Crippen LogP contribution in [0.3, 0.4) is 0 Å². The third kappa shape index (κ3) is 5.84. The zero-order chi connectivity index (χ0) is 19.1. The van der Waals surface area contributed by atoms with E-state index in [1.165, 1.54) is 0 Å². The van der Waals surface area contributed by atoms with Crippen LogP contribution in [0, 0.1) is 0 Å². The number of amides is 2. The Kier molecular flexibility index (Phi) is 6.91. The maximum Gasteiger partial charge on any atom is 0.243 e. The first-order chi connectivity index (χ1) is 13.1. The van der Waals surface area contributed by atoms with Crippen LogP contribution in [0.15, 0.2) is 18.5 Å². The molecule has 0 bridgehead atoms. The summed E-state index contributed by atoms with van der Waals surface area (Å²) in [5.74, 6) is 0.116. The maximum absolute atomic E-state index is 12.4. The first kappa shape index (κ1) is 19.5. The molecule has 3 heterocycles. The molecule has 1 aromatic rings. The molecule has 10 nitrogen and oxygen atoms in total. The number of piperazine rings is 1. The number of hydrogen-bond donors (Lipinski definition) is 2. The van der Waals surface area contributed by atoms with Crippen molar-refractivity contribution in [2.45, 2.75) is 18.6 Å². The molecule has 148 valence electrons. The zero-order valence-electron chi connectivity index (χ0n) is 15.2. The fraction of sp³-hybridized carbons (Fsp3) is 0.647. The predicted molar refractivity (Wildman–Crippen MR) is 97.0 cm³/mol. The van der Waals surface area contributed by atoms with E-state index < -0.39 is 5.91 Å². The van der Waals surface area contributed by atoms with Gasteiger partial charge in [-0.1, -0.05) is 0 Å². The Hall–Kier alpha value is -2.30. The van der Waals surface area contributed by atoms with Crippen LogP contribution in [0.1, 0.15) is 6.42 Å². The summed E-state index contributed by atoms with van der Waals surface area (Å²) < 4.78 is 10.9. The van der Waals surface area contributed by atoms with Crippen LogP contribution < -0.4 is 16.0 Å². The maximum atomic E-state index is 12.4. The lowest BCUT2D eigenvalue weighted by Gasteiger charge is -2.35. The Labute approximate surface area is 158 Å². The lowest BCUT2D eigenvalue weighted by atomic mass is 10.1. The summed E-state index contributed by atoms with van der Waals surface area (Å²) in [5.41, 5.74) is 5.13. The second kappa shape index (κ2) is 9.58. The normalized spacial score (nSPS) is 23.8. The van der Waals surface area contributed by atoms with Gasteiger partial charge in [-0.25, -0.2) is 9.97 Å². The van der Waals surface area contributed by atoms with Crippen molar-refractivity contribution in [2.24, 2.45) is 5.73 Å². The van der Waals surface area contributed by atoms with E-state index in [0.29, 0.717) is 26.2 Å². The van der Waals surface area contributed by atoms with Gasteiger partial charge >= 0.3 is 0 Å². The van der Waals surface area contributed by atoms with Crippen molar-refractivity contribution in [3.05, 3.63) is 18.5 Å². The van der Waals surface area contributed by atoms with E-state index in [4.69, 9.17) is 15.2 Å². The van der Waals surface area contributed by atoms with Crippen LogP contribution in [0.5, 0.6) is 0 Å². The first-order valence-corrected chi connectivity index (χ1v) is 9.13. The van der Waals surface area contributed by atoms with Gasteiger partial charge in [0.25, 0.3) is 0 Å². The van der Waals surface area contributed by atoms with E-state index in [1.54, 1.807) is 18.5 Å². The van der Waals surface area contributed by atoms with E-state index in [0.717, 1.165) is 32.1 Å². The summed E-state index contributed by atoms with van der Waals surface area (Å²) >= 11 is 0. The highest BCUT2D eigenvalue weighted by Gasteiger charge is 2.29. The van der Waals surface area contributed by atoms with Gasteiger partial charge in [0.15, 0.2) is 0 Å². The molecule has 2 aliphatic heterocycles. The van der Waals surface area contributed by atoms with Crippen molar-refractivity contribution in [3.63, 3.8) is 0 Å². The van der Waals surface area contributed by atoms with Crippen LogP contribution in [-0.4, -0.2) is 91.4 Å². The number of aromatic nitrogens is 2. The van der Waals surface area contributed by atoms with Gasteiger partial charge in [-0.15, -0.1) is 0 Å². The number of carbonyl (C=O) groups excluding carboxylic acids is 2. The van der Waals surface area contributed by atoms with E-state index >= 15 is 0 Å². The van der Waals surface area contributed by atoms with Gasteiger partial charge in [-0.05, 0) is 12.5 Å². The molecule has 2 saturated heterocycles. The summed E-state index contributed by atoms with van der Waals surface area (Å²) in [6.45, 7) is 4.13. The number of ether oxygens (including phenoxy) is 2. The minimum absolute atomic E-state index is 0.0809. The molecule has 0 saturated carbocycles. The van der Waals surface area contributed by atoms with Crippen LogP contribution in [0.25, 0.3) is 0 Å². The van der Waals surface area contributed by atoms with Crippen molar-refractivity contribution >= 4 is 17.8 Å². The fourth-order valence-electron chi connectivity index (χ4n) is 3.26. The van der Waals surface area contributed by atoms with Crippen molar-refractivity contribution in [2.75, 3.05) is 57.4 Å². The second-order valence-electron chi connectivity index (χ2n) is 6.67. The first-order valence-electron chi connectivity index (χ1n) is 9.13. The summed E-state index contributed by atoms with van der Waals surface area (Å²) in [7, 11) is 0. The topological polar surface area (TPSA) is 123 Å². The standard InChI is InChI=1S/C17H26N6O4/c18-15(24)12-27-14-2-9-26-11-13(14)21-16(25)10-22-5-7-23(8-6-22)17-19-3-1-4-20-17/h1,3-4,13-14H,2,5-12H2,(H2,18,24)(H,21,25)/t13-,14+/m0/s1. The number of nitrogens with one attached hydrogen (secondary N) is 1. The summed E-state index contributed by atoms with van der Waals surface area (Å²) in [5, 5.41) is 2.96. The molecule has 10 heteroatoms. The minimum atomic E-state index is -0.521. The molecule has 1 aromatic heterocycles. The summed E-state index contributed by atoms with van der Waals surface area (Å²) in [4.78, 5) is 36.1. The highest BCUT2D eigenvalue weighted by atomic mass is 16.5. The third-order valence-electron chi connectivity index (χ3n) is 4.65. The Bertz CT molecular complexity index is 623. The average molecular weight is 378 g/mol. The van der Waals surface area contributed by atoms with E-state index in [2.05, 4.69) is 25.1 Å². The highest BCUT2D eigenvalue weighted by Crippen LogP contribution is 2.13. The van der Waals surface area contributed by atoms with E-state index in [-0.39, 0.29) is 24.7 Å². The van der Waals surface area contributed by atoms with Crippen LogP contribution in [0.2, 0.25) is 0 Å². The molecule has 0 aliphatic carbocycles. The third-order valence-corrected chi connectivity index (χ3v) is 4.65. The Balaban J connectivity index is 1.43. The molecule has 0 aromatic carbocycles. The van der Waals surface area contributed by atoms with Crippen LogP contribution in [0.4, 0.5) is 5.95 Å². The van der Waals surface area contributed by atoms with Gasteiger partial charge in [0.1, 0.15) is 6.61 Å². The smallest absolute Gasteiger partial charge is 0.243 e. The molecule has 2 aliphatic rings. The van der Waals surface area contributed by atoms with Crippen LogP contribution in [-0.2, 0) is 19.1 Å². The predicted octanol–water partition coefficient (Wildman–Crippen LogP) is -1.63. The van der Waals surface area contributed by atoms with Crippen molar-refractivity contribution < 1.29 is 19.1 Å². The molecule has 2 atom stereocenters. The van der Waals surface area contributed by atoms with Gasteiger partial charge in [0.2, 0.25) is 17.8 Å². The fourth-order valence-corrected chi connectivity index (χ4v) is 3.26. The molecule has 0 radical (unpaired) electrons. The van der Waals surface area contributed by atoms with Gasteiger partial charge in [0, 0.05) is 45.2 Å². The lowest BCUT2D eigenvalue weighted by molar-refractivity contribution is -0.132. The molecule has 0 spiro atoms. The Morgan fingerprint density at radius 3 is 2.70 bits per heavy atom. The van der Waals surface area contributed by atoms with E-state index in [9.17, 15) is 9.59 Å². The molecule has 3 N–H and O–H groups in total. The second-order valence-corrected chi connectivity index (χ2v) is 6.67. The van der Waals surface area contributed by atoms with Gasteiger partial charge < -0.3 is 25.4 Å². The number of carbonyl (C=O) groups is 2. The Morgan fingerprint density at radius 2 is 2.00 bits per heavy atom. The van der Waals surface area contributed by atoms with Crippen molar-refractivity contribution in [1.82, 2.24) is 20.2 Å². The number of rotatable bonds is 7. The molecule has 2 amide bonds. The molecule has 2 fully saturated rings. The molecule has 3 rings (SSSR count). The van der Waals surface area contributed by atoms with Gasteiger partial charge in [-0.2, -0.15) is 0 Å². The molecule has 0 unspecified atom stereocenters. The SMILES string of the molecule is NC(=O)CO[C@@H]1CCOC[C@@H]1NC(=O)CN1CCN(c2ncccn2)CC1. The number of nitrogens with zero attached hydrogens (tertiary/aromatic N) is 4. The number of primary amides is 1. The minimum Gasteiger partial charge on any atom is -0.379 e. The van der Waals surface area contributed by atoms with Crippen molar-refractivity contribution in [3.8, 4) is 0 Å². The monoisotopic (exact) mass is 378 g/mol. The lowest BCUT2D eigenvalue weighted by Crippen LogP contribution is -2.55. The largest absolute Gasteiger partial charge is 0.379 e. The number of hydrogen-bond acceptors (Lipinski definition) is 8. The summed E-state index contributed by atoms with van der Waals surface area (Å²) in [6, 6.07) is 1.52. The molecule has 27 heavy (non-hydrogen) atoms. The zero-order valence-corrected chi connectivity index (χ0v) is 15.2. The van der Waals surface area contributed by atoms with Gasteiger partial charge in [0.05, 0.1) is 25.3 Å². The molecular weight excluding hydrogens is 352 g/mol. The van der Waals surface area contributed by atoms with Crippen molar-refractivity contribution in [1.29, 1.82) is 0 Å². The van der Waals surface area contributed by atoms with E-state index in [1.807, 2.05) is 0 Å². The average Bonchev–Trinajstić information content (AvgIpc) is 2.68.